The van der Waals surface area contributed by atoms with Crippen molar-refractivity contribution < 1.29 is 14.3 Å². The smallest absolute Gasteiger partial charge is 0.263 e. The quantitative estimate of drug-likeness (QED) is 0.853. The van der Waals surface area contributed by atoms with Crippen molar-refractivity contribution in [1.82, 2.24) is 5.32 Å². The number of anilines is 1. The number of benzene rings is 1. The number of fused-ring (bicyclic) bond motifs is 1. The molecule has 1 atom stereocenters. The van der Waals surface area contributed by atoms with Crippen molar-refractivity contribution in [2.75, 3.05) is 33.1 Å². The third-order valence-electron chi connectivity index (χ3n) is 3.02. The summed E-state index contributed by atoms with van der Waals surface area (Å²) < 4.78 is 11.2. The zero-order chi connectivity index (χ0) is 14.5. The highest BCUT2D eigenvalue weighted by atomic mass is 32.1. The molecule has 1 amide bonds. The first-order valence-electron chi connectivity index (χ1n) is 6.24. The number of ether oxygens (including phenoxy) is 2. The van der Waals surface area contributed by atoms with E-state index in [0.29, 0.717) is 23.7 Å². The summed E-state index contributed by atoms with van der Waals surface area (Å²) in [5, 5.41) is 3.74. The van der Waals surface area contributed by atoms with E-state index in [4.69, 9.17) is 15.2 Å². The maximum Gasteiger partial charge on any atom is 0.263 e. The van der Waals surface area contributed by atoms with Crippen LogP contribution in [0.5, 0.6) is 0 Å². The lowest BCUT2D eigenvalue weighted by Crippen LogP contribution is -2.35. The van der Waals surface area contributed by atoms with Gasteiger partial charge in [-0.1, -0.05) is 18.2 Å². The Morgan fingerprint density at radius 1 is 1.40 bits per heavy atom. The Labute approximate surface area is 121 Å². The van der Waals surface area contributed by atoms with Crippen LogP contribution in [-0.2, 0) is 9.47 Å². The molecule has 0 bridgehead atoms. The van der Waals surface area contributed by atoms with E-state index in [1.54, 1.807) is 14.2 Å². The molecule has 0 saturated heterocycles. The lowest BCUT2D eigenvalue weighted by Gasteiger charge is -2.14. The Balaban J connectivity index is 2.09. The summed E-state index contributed by atoms with van der Waals surface area (Å²) in [7, 11) is 3.18. The number of nitrogens with two attached hydrogens (primary N) is 1. The van der Waals surface area contributed by atoms with Crippen molar-refractivity contribution in [2.24, 2.45) is 0 Å². The van der Waals surface area contributed by atoms with E-state index in [1.165, 1.54) is 11.3 Å². The van der Waals surface area contributed by atoms with E-state index in [1.807, 2.05) is 24.3 Å². The molecule has 5 nitrogen and oxygen atoms in total. The van der Waals surface area contributed by atoms with Gasteiger partial charge in [0.25, 0.3) is 5.91 Å². The van der Waals surface area contributed by atoms with E-state index >= 15 is 0 Å². The predicted molar refractivity (Wildman–Crippen MR) is 81.2 cm³/mol. The summed E-state index contributed by atoms with van der Waals surface area (Å²) in [6.07, 6.45) is -0.167. The van der Waals surface area contributed by atoms with Gasteiger partial charge in [-0.3, -0.25) is 4.79 Å². The van der Waals surface area contributed by atoms with E-state index in [-0.39, 0.29) is 12.0 Å². The van der Waals surface area contributed by atoms with Gasteiger partial charge in [-0.05, 0) is 6.07 Å². The molecule has 2 rings (SSSR count). The molecule has 0 aliphatic carbocycles. The molecule has 3 N–H and O–H groups in total. The van der Waals surface area contributed by atoms with Crippen molar-refractivity contribution in [2.45, 2.75) is 6.10 Å². The van der Waals surface area contributed by atoms with Gasteiger partial charge < -0.3 is 20.5 Å². The van der Waals surface area contributed by atoms with Crippen LogP contribution in [0.1, 0.15) is 9.67 Å². The summed E-state index contributed by atoms with van der Waals surface area (Å²) in [6, 6.07) is 7.71. The summed E-state index contributed by atoms with van der Waals surface area (Å²) in [6.45, 7) is 0.815. The largest absolute Gasteiger partial charge is 0.397 e. The number of amides is 1. The third kappa shape index (κ3) is 3.09. The number of methoxy groups -OCH3 is 2. The zero-order valence-corrected chi connectivity index (χ0v) is 12.3. The molecule has 0 fully saturated rings. The summed E-state index contributed by atoms with van der Waals surface area (Å²) in [5.74, 6) is -0.179. The van der Waals surface area contributed by atoms with Gasteiger partial charge >= 0.3 is 0 Å². The van der Waals surface area contributed by atoms with Crippen LogP contribution in [0.2, 0.25) is 0 Å². The molecular formula is C14H18N2O3S. The van der Waals surface area contributed by atoms with Gasteiger partial charge in [-0.15, -0.1) is 11.3 Å². The Morgan fingerprint density at radius 3 is 2.80 bits per heavy atom. The van der Waals surface area contributed by atoms with Crippen LogP contribution in [-0.4, -0.2) is 39.4 Å². The van der Waals surface area contributed by atoms with Gasteiger partial charge in [0.15, 0.2) is 0 Å². The molecule has 1 aromatic heterocycles. The summed E-state index contributed by atoms with van der Waals surface area (Å²) >= 11 is 1.40. The van der Waals surface area contributed by atoms with E-state index < -0.39 is 0 Å². The lowest BCUT2D eigenvalue weighted by molar-refractivity contribution is 0.0286. The number of hydrogen-bond donors (Lipinski definition) is 2. The summed E-state index contributed by atoms with van der Waals surface area (Å²) in [4.78, 5) is 12.7. The summed E-state index contributed by atoms with van der Waals surface area (Å²) in [5.41, 5.74) is 6.56. The molecule has 6 heteroatoms. The SMILES string of the molecule is COCC(CNC(=O)c1sc2ccccc2c1N)OC. The molecular weight excluding hydrogens is 276 g/mol. The topological polar surface area (TPSA) is 73.6 Å². The molecule has 0 spiro atoms. The first-order chi connectivity index (χ1) is 9.67. The van der Waals surface area contributed by atoms with E-state index in [9.17, 15) is 4.79 Å². The number of hydrogen-bond acceptors (Lipinski definition) is 5. The minimum absolute atomic E-state index is 0.167. The number of carbonyl (C=O) groups excluding carboxylic acids is 1. The molecule has 0 saturated carbocycles. The molecule has 0 radical (unpaired) electrons. The normalized spacial score (nSPS) is 12.5. The number of nitrogens with one attached hydrogen (secondary N) is 1. The lowest BCUT2D eigenvalue weighted by atomic mass is 10.2. The Kier molecular flexibility index (Phi) is 4.94. The van der Waals surface area contributed by atoms with Gasteiger partial charge in [0.05, 0.1) is 18.4 Å². The highest BCUT2D eigenvalue weighted by Gasteiger charge is 2.17. The molecule has 108 valence electrons. The molecule has 20 heavy (non-hydrogen) atoms. The fourth-order valence-corrected chi connectivity index (χ4v) is 2.96. The fraction of sp³-hybridized carbons (Fsp3) is 0.357. The second-order valence-corrected chi connectivity index (χ2v) is 5.42. The fourth-order valence-electron chi connectivity index (χ4n) is 1.92. The first-order valence-corrected chi connectivity index (χ1v) is 7.06. The van der Waals surface area contributed by atoms with Crippen molar-refractivity contribution >= 4 is 33.0 Å². The Morgan fingerprint density at radius 2 is 2.15 bits per heavy atom. The highest BCUT2D eigenvalue weighted by Crippen LogP contribution is 2.33. The van der Waals surface area contributed by atoms with Gasteiger partial charge in [0.1, 0.15) is 4.88 Å². The van der Waals surface area contributed by atoms with E-state index in [2.05, 4.69) is 5.32 Å². The van der Waals surface area contributed by atoms with Crippen molar-refractivity contribution in [3.05, 3.63) is 29.1 Å². The standard InChI is InChI=1S/C14H18N2O3S/c1-18-8-9(19-2)7-16-14(17)13-12(15)10-5-3-4-6-11(10)20-13/h3-6,9H,7-8,15H2,1-2H3,(H,16,17). The number of thiophene rings is 1. The average molecular weight is 294 g/mol. The van der Waals surface area contributed by atoms with Gasteiger partial charge in [0, 0.05) is 30.9 Å². The second-order valence-electron chi connectivity index (χ2n) is 4.36. The molecule has 0 aliphatic heterocycles. The average Bonchev–Trinajstić information content (AvgIpc) is 2.81. The maximum absolute atomic E-state index is 12.2. The highest BCUT2D eigenvalue weighted by molar-refractivity contribution is 7.21. The maximum atomic E-state index is 12.2. The van der Waals surface area contributed by atoms with Gasteiger partial charge in [-0.2, -0.15) is 0 Å². The van der Waals surface area contributed by atoms with Crippen LogP contribution in [0.4, 0.5) is 5.69 Å². The van der Waals surface area contributed by atoms with Gasteiger partial charge in [0.2, 0.25) is 0 Å². The third-order valence-corrected chi connectivity index (χ3v) is 4.20. The van der Waals surface area contributed by atoms with Crippen LogP contribution < -0.4 is 11.1 Å². The first kappa shape index (κ1) is 14.8. The molecule has 2 aromatic rings. The number of rotatable bonds is 6. The Bertz CT molecular complexity index is 597. The van der Waals surface area contributed by atoms with Crippen molar-refractivity contribution in [3.8, 4) is 0 Å². The van der Waals surface area contributed by atoms with Gasteiger partial charge in [-0.25, -0.2) is 0 Å². The van der Waals surface area contributed by atoms with Crippen molar-refractivity contribution in [3.63, 3.8) is 0 Å². The minimum atomic E-state index is -0.179. The molecule has 1 heterocycles. The van der Waals surface area contributed by atoms with Crippen LogP contribution in [0.3, 0.4) is 0 Å². The van der Waals surface area contributed by atoms with Crippen LogP contribution in [0.25, 0.3) is 10.1 Å². The number of carbonyl (C=O) groups is 1. The minimum Gasteiger partial charge on any atom is -0.397 e. The Hall–Kier alpha value is -1.63. The van der Waals surface area contributed by atoms with Crippen molar-refractivity contribution in [1.29, 1.82) is 0 Å². The van der Waals surface area contributed by atoms with Crippen LogP contribution >= 0.6 is 11.3 Å². The molecule has 1 aromatic carbocycles. The second kappa shape index (κ2) is 6.69. The van der Waals surface area contributed by atoms with Crippen LogP contribution in [0.15, 0.2) is 24.3 Å². The number of nitrogen functional groups attached to an aromatic ring is 1. The monoisotopic (exact) mass is 294 g/mol. The van der Waals surface area contributed by atoms with Crippen LogP contribution in [0, 0.1) is 0 Å². The zero-order valence-electron chi connectivity index (χ0n) is 11.5. The molecule has 0 aliphatic rings. The van der Waals surface area contributed by atoms with E-state index in [0.717, 1.165) is 10.1 Å². The predicted octanol–water partition coefficient (Wildman–Crippen LogP) is 1.87. The molecule has 1 unspecified atom stereocenters.